The number of hydrogen-bond acceptors (Lipinski definition) is 4. The minimum atomic E-state index is -0.506. The van der Waals surface area contributed by atoms with E-state index in [9.17, 15) is 9.59 Å². The number of carbonyl (C=O) groups excluding carboxylic acids is 2. The molecule has 0 spiro atoms. The summed E-state index contributed by atoms with van der Waals surface area (Å²) in [7, 11) is 4.58. The second-order valence-electron chi connectivity index (χ2n) is 4.56. The number of esters is 1. The lowest BCUT2D eigenvalue weighted by Gasteiger charge is -2.15. The average molecular weight is 277 g/mol. The van der Waals surface area contributed by atoms with E-state index in [1.165, 1.54) is 12.0 Å². The molecule has 1 amide bonds. The summed E-state index contributed by atoms with van der Waals surface area (Å²) in [6.45, 7) is 5.45. The molecule has 0 bridgehead atoms. The summed E-state index contributed by atoms with van der Waals surface area (Å²) >= 11 is 0. The van der Waals surface area contributed by atoms with Crippen molar-refractivity contribution >= 4 is 17.4 Å². The van der Waals surface area contributed by atoms with Crippen LogP contribution in [0.5, 0.6) is 5.75 Å². The molecule has 1 rings (SSSR count). The molecule has 0 fully saturated rings. The second kappa shape index (κ2) is 6.75. The normalized spacial score (nSPS) is 9.80. The average Bonchev–Trinajstić information content (AvgIpc) is 2.43. The van der Waals surface area contributed by atoms with Gasteiger partial charge in [-0.1, -0.05) is 18.2 Å². The Labute approximate surface area is 118 Å². The fourth-order valence-corrected chi connectivity index (χ4v) is 1.52. The molecular weight excluding hydrogens is 258 g/mol. The van der Waals surface area contributed by atoms with Gasteiger partial charge in [0.2, 0.25) is 0 Å². The summed E-state index contributed by atoms with van der Waals surface area (Å²) < 4.78 is 9.91. The van der Waals surface area contributed by atoms with Crippen LogP contribution in [0.15, 0.2) is 24.8 Å². The lowest BCUT2D eigenvalue weighted by atomic mass is 10.0. The molecule has 0 aliphatic heterocycles. The first-order valence-electron chi connectivity index (χ1n) is 6.08. The third-order valence-electron chi connectivity index (χ3n) is 2.68. The van der Waals surface area contributed by atoms with Crippen molar-refractivity contribution in [3.8, 4) is 5.75 Å². The maximum atomic E-state index is 12.1. The predicted octanol–water partition coefficient (Wildman–Crippen LogP) is 1.97. The van der Waals surface area contributed by atoms with E-state index in [1.807, 2.05) is 6.92 Å². The summed E-state index contributed by atoms with van der Waals surface area (Å²) in [6, 6.07) is 5.16. The third-order valence-corrected chi connectivity index (χ3v) is 2.68. The van der Waals surface area contributed by atoms with Gasteiger partial charge in [-0.25, -0.2) is 4.79 Å². The number of nitrogens with zero attached hydrogens (tertiary/aromatic N) is 1. The van der Waals surface area contributed by atoms with Gasteiger partial charge in [0.1, 0.15) is 5.75 Å². The van der Waals surface area contributed by atoms with Gasteiger partial charge in [0.05, 0.1) is 12.7 Å². The lowest BCUT2D eigenvalue weighted by molar-refractivity contribution is -0.142. The van der Waals surface area contributed by atoms with Crippen LogP contribution in [0.4, 0.5) is 0 Å². The fourth-order valence-electron chi connectivity index (χ4n) is 1.52. The van der Waals surface area contributed by atoms with E-state index >= 15 is 0 Å². The Morgan fingerprint density at radius 1 is 1.30 bits per heavy atom. The molecule has 1 aromatic rings. The van der Waals surface area contributed by atoms with Crippen molar-refractivity contribution in [3.05, 3.63) is 35.9 Å². The molecule has 0 saturated heterocycles. The Bertz CT molecular complexity index is 535. The van der Waals surface area contributed by atoms with Gasteiger partial charge in [-0.3, -0.25) is 4.79 Å². The Morgan fingerprint density at radius 3 is 2.45 bits per heavy atom. The van der Waals surface area contributed by atoms with E-state index in [0.717, 1.165) is 11.1 Å². The van der Waals surface area contributed by atoms with Gasteiger partial charge in [-0.2, -0.15) is 0 Å². The van der Waals surface area contributed by atoms with Gasteiger partial charge >= 0.3 is 5.97 Å². The van der Waals surface area contributed by atoms with Gasteiger partial charge in [0.15, 0.2) is 6.61 Å². The molecule has 0 N–H and O–H groups in total. The van der Waals surface area contributed by atoms with Crippen molar-refractivity contribution < 1.29 is 19.1 Å². The predicted molar refractivity (Wildman–Crippen MR) is 76.7 cm³/mol. The van der Waals surface area contributed by atoms with Crippen molar-refractivity contribution in [2.45, 2.75) is 6.92 Å². The first-order chi connectivity index (χ1) is 9.36. The zero-order chi connectivity index (χ0) is 15.3. The van der Waals surface area contributed by atoms with Gasteiger partial charge in [-0.15, -0.1) is 0 Å². The maximum absolute atomic E-state index is 12.1. The van der Waals surface area contributed by atoms with E-state index in [4.69, 9.17) is 4.74 Å². The van der Waals surface area contributed by atoms with Crippen molar-refractivity contribution in [1.82, 2.24) is 4.90 Å². The summed E-state index contributed by atoms with van der Waals surface area (Å²) in [5.74, 6) is -0.360. The van der Waals surface area contributed by atoms with Crippen LogP contribution in [0, 0.1) is 0 Å². The summed E-state index contributed by atoms with van der Waals surface area (Å²) in [5.41, 5.74) is 2.08. The van der Waals surface area contributed by atoms with E-state index < -0.39 is 5.97 Å². The second-order valence-corrected chi connectivity index (χ2v) is 4.56. The van der Waals surface area contributed by atoms with Crippen molar-refractivity contribution in [1.29, 1.82) is 0 Å². The molecule has 5 nitrogen and oxygen atoms in total. The molecule has 5 heteroatoms. The van der Waals surface area contributed by atoms with Crippen LogP contribution >= 0.6 is 0 Å². The molecule has 108 valence electrons. The topological polar surface area (TPSA) is 55.8 Å². The molecule has 0 saturated carbocycles. The molecule has 0 unspecified atom stereocenters. The van der Waals surface area contributed by atoms with Crippen LogP contribution in [-0.2, 0) is 9.53 Å². The van der Waals surface area contributed by atoms with Gasteiger partial charge in [0, 0.05) is 14.1 Å². The minimum Gasteiger partial charge on any atom is -0.481 e. The summed E-state index contributed by atoms with van der Waals surface area (Å²) in [6.07, 6.45) is 0. The Balaban J connectivity index is 3.12. The molecule has 20 heavy (non-hydrogen) atoms. The molecular formula is C15H19NO4. The van der Waals surface area contributed by atoms with E-state index in [2.05, 4.69) is 11.3 Å². The molecule has 0 aliphatic rings. The summed E-state index contributed by atoms with van der Waals surface area (Å²) in [5, 5.41) is 0. The van der Waals surface area contributed by atoms with Gasteiger partial charge in [-0.05, 0) is 24.6 Å². The van der Waals surface area contributed by atoms with E-state index in [-0.39, 0.29) is 12.5 Å². The SMILES string of the molecule is C=C(C)c1ccc(C(=O)N(C)C)c(OCC(=O)OC)c1. The van der Waals surface area contributed by atoms with Gasteiger partial charge < -0.3 is 14.4 Å². The number of carbonyl (C=O) groups is 2. The highest BCUT2D eigenvalue weighted by atomic mass is 16.6. The lowest BCUT2D eigenvalue weighted by Crippen LogP contribution is -2.23. The number of allylic oxidation sites excluding steroid dienone is 1. The largest absolute Gasteiger partial charge is 0.481 e. The Morgan fingerprint density at radius 2 is 1.95 bits per heavy atom. The quantitative estimate of drug-likeness (QED) is 0.772. The molecule has 1 aromatic carbocycles. The number of ether oxygens (including phenoxy) is 2. The first-order valence-corrected chi connectivity index (χ1v) is 6.08. The van der Waals surface area contributed by atoms with Crippen LogP contribution in [-0.4, -0.2) is 44.6 Å². The number of methoxy groups -OCH3 is 1. The molecule has 0 aliphatic carbocycles. The fraction of sp³-hybridized carbons (Fsp3) is 0.333. The van der Waals surface area contributed by atoms with Crippen LogP contribution in [0.3, 0.4) is 0 Å². The summed E-state index contributed by atoms with van der Waals surface area (Å²) in [4.78, 5) is 24.7. The Hall–Kier alpha value is -2.30. The number of rotatable bonds is 5. The van der Waals surface area contributed by atoms with E-state index in [0.29, 0.717) is 11.3 Å². The molecule has 0 heterocycles. The van der Waals surface area contributed by atoms with Crippen LogP contribution < -0.4 is 4.74 Å². The number of benzene rings is 1. The monoisotopic (exact) mass is 277 g/mol. The zero-order valence-electron chi connectivity index (χ0n) is 12.2. The van der Waals surface area contributed by atoms with Crippen LogP contribution in [0.25, 0.3) is 5.57 Å². The maximum Gasteiger partial charge on any atom is 0.343 e. The van der Waals surface area contributed by atoms with Crippen molar-refractivity contribution in [2.24, 2.45) is 0 Å². The number of amides is 1. The molecule has 0 atom stereocenters. The van der Waals surface area contributed by atoms with Crippen LogP contribution in [0.1, 0.15) is 22.8 Å². The standard InChI is InChI=1S/C15H19NO4/c1-10(2)11-6-7-12(15(18)16(3)4)13(8-11)20-9-14(17)19-5/h6-8H,1,9H2,2-5H3. The Kier molecular flexibility index (Phi) is 5.32. The van der Waals surface area contributed by atoms with Gasteiger partial charge in [0.25, 0.3) is 5.91 Å². The highest BCUT2D eigenvalue weighted by Gasteiger charge is 2.16. The van der Waals surface area contributed by atoms with Crippen molar-refractivity contribution in [2.75, 3.05) is 27.8 Å². The highest BCUT2D eigenvalue weighted by molar-refractivity contribution is 5.97. The van der Waals surface area contributed by atoms with E-state index in [1.54, 1.807) is 32.3 Å². The first kappa shape index (κ1) is 15.8. The highest BCUT2D eigenvalue weighted by Crippen LogP contribution is 2.25. The zero-order valence-corrected chi connectivity index (χ0v) is 12.2. The molecule has 0 radical (unpaired) electrons. The van der Waals surface area contributed by atoms with Crippen LogP contribution in [0.2, 0.25) is 0 Å². The number of hydrogen-bond donors (Lipinski definition) is 0. The minimum absolute atomic E-state index is 0.196. The smallest absolute Gasteiger partial charge is 0.343 e. The van der Waals surface area contributed by atoms with Crippen molar-refractivity contribution in [3.63, 3.8) is 0 Å². The third kappa shape index (κ3) is 3.85. The molecule has 0 aromatic heterocycles.